The Hall–Kier alpha value is -1.35. The van der Waals surface area contributed by atoms with Crippen LogP contribution in [0.2, 0.25) is 0 Å². The maximum absolute atomic E-state index is 11.1. The van der Waals surface area contributed by atoms with E-state index in [1.807, 2.05) is 30.3 Å². The lowest BCUT2D eigenvalue weighted by atomic mass is 9.77. The second-order valence-corrected chi connectivity index (χ2v) is 4.63. The van der Waals surface area contributed by atoms with E-state index in [0.717, 1.165) is 24.8 Å². The van der Waals surface area contributed by atoms with Gasteiger partial charge in [0.1, 0.15) is 11.7 Å². The number of ether oxygens (including phenoxy) is 1. The molecule has 2 atom stereocenters. The van der Waals surface area contributed by atoms with Gasteiger partial charge in [0.25, 0.3) is 0 Å². The molecule has 0 amide bonds. The molecule has 3 nitrogen and oxygen atoms in total. The van der Waals surface area contributed by atoms with Crippen LogP contribution in [-0.2, 0) is 15.1 Å². The van der Waals surface area contributed by atoms with Crippen LogP contribution in [0, 0.1) is 0 Å². The summed E-state index contributed by atoms with van der Waals surface area (Å²) in [5, 5.41) is 10.8. The van der Waals surface area contributed by atoms with Crippen LogP contribution in [0.15, 0.2) is 30.3 Å². The summed E-state index contributed by atoms with van der Waals surface area (Å²) in [6.07, 6.45) is 2.91. The molecule has 1 aliphatic rings. The summed E-state index contributed by atoms with van der Waals surface area (Å²) in [4.78, 5) is 11.1. The first-order valence-electron chi connectivity index (χ1n) is 6.08. The fourth-order valence-corrected chi connectivity index (χ4v) is 2.54. The van der Waals surface area contributed by atoms with Crippen LogP contribution in [0.5, 0.6) is 0 Å². The molecule has 0 aliphatic heterocycles. The topological polar surface area (TPSA) is 46.5 Å². The summed E-state index contributed by atoms with van der Waals surface area (Å²) >= 11 is 0. The van der Waals surface area contributed by atoms with Crippen LogP contribution in [0.3, 0.4) is 0 Å². The van der Waals surface area contributed by atoms with Crippen molar-refractivity contribution >= 4 is 5.97 Å². The number of benzene rings is 1. The monoisotopic (exact) mass is 234 g/mol. The van der Waals surface area contributed by atoms with E-state index in [1.54, 1.807) is 0 Å². The van der Waals surface area contributed by atoms with Gasteiger partial charge in [0, 0.05) is 6.92 Å². The van der Waals surface area contributed by atoms with Crippen molar-refractivity contribution in [3.05, 3.63) is 35.9 Å². The Kier molecular flexibility index (Phi) is 3.48. The zero-order chi connectivity index (χ0) is 12.3. The Labute approximate surface area is 101 Å². The second-order valence-electron chi connectivity index (χ2n) is 4.63. The van der Waals surface area contributed by atoms with Gasteiger partial charge in [-0.25, -0.2) is 0 Å². The third kappa shape index (κ3) is 2.50. The summed E-state index contributed by atoms with van der Waals surface area (Å²) in [6.45, 7) is 1.39. The van der Waals surface area contributed by atoms with Crippen LogP contribution in [0.4, 0.5) is 0 Å². The Morgan fingerprint density at radius 3 is 2.71 bits per heavy atom. The molecule has 1 fully saturated rings. The summed E-state index contributed by atoms with van der Waals surface area (Å²) in [5.74, 6) is -0.328. The Balaban J connectivity index is 2.28. The molecule has 0 unspecified atom stereocenters. The van der Waals surface area contributed by atoms with Gasteiger partial charge in [0.15, 0.2) is 0 Å². The highest BCUT2D eigenvalue weighted by Crippen LogP contribution is 2.38. The van der Waals surface area contributed by atoms with Gasteiger partial charge in [-0.05, 0) is 31.2 Å². The van der Waals surface area contributed by atoms with Gasteiger partial charge >= 0.3 is 5.97 Å². The molecule has 92 valence electrons. The molecular weight excluding hydrogens is 216 g/mol. The van der Waals surface area contributed by atoms with Gasteiger partial charge in [-0.15, -0.1) is 0 Å². The predicted molar refractivity (Wildman–Crippen MR) is 64.4 cm³/mol. The van der Waals surface area contributed by atoms with E-state index >= 15 is 0 Å². The van der Waals surface area contributed by atoms with Crippen LogP contribution in [0.1, 0.15) is 38.2 Å². The van der Waals surface area contributed by atoms with Crippen LogP contribution >= 0.6 is 0 Å². The van der Waals surface area contributed by atoms with Gasteiger partial charge in [-0.1, -0.05) is 30.3 Å². The number of hydrogen-bond donors (Lipinski definition) is 1. The van der Waals surface area contributed by atoms with Crippen molar-refractivity contribution in [2.45, 2.75) is 44.3 Å². The average Bonchev–Trinajstić information content (AvgIpc) is 2.33. The lowest BCUT2D eigenvalue weighted by Crippen LogP contribution is -2.44. The molecule has 0 bridgehead atoms. The Bertz CT molecular complexity index is 388. The average molecular weight is 234 g/mol. The summed E-state index contributed by atoms with van der Waals surface area (Å²) < 4.78 is 5.27. The first kappa shape index (κ1) is 12.1. The lowest BCUT2D eigenvalue weighted by Gasteiger charge is -2.39. The maximum atomic E-state index is 11.1. The SMILES string of the molecule is CC(=O)O[C@H]1CCCC[C@@]1(O)c1ccccc1. The van der Waals surface area contributed by atoms with Gasteiger partial charge in [0.05, 0.1) is 0 Å². The van der Waals surface area contributed by atoms with Crippen molar-refractivity contribution in [2.75, 3.05) is 0 Å². The minimum absolute atomic E-state index is 0.328. The number of aliphatic hydroxyl groups is 1. The number of carbonyl (C=O) groups is 1. The summed E-state index contributed by atoms with van der Waals surface area (Å²) in [5.41, 5.74) is -0.184. The van der Waals surface area contributed by atoms with E-state index in [9.17, 15) is 9.90 Å². The third-order valence-corrected chi connectivity index (χ3v) is 3.39. The van der Waals surface area contributed by atoms with E-state index < -0.39 is 11.7 Å². The molecule has 0 aromatic heterocycles. The van der Waals surface area contributed by atoms with Crippen molar-refractivity contribution in [1.82, 2.24) is 0 Å². The highest BCUT2D eigenvalue weighted by Gasteiger charge is 2.42. The number of rotatable bonds is 2. The zero-order valence-electron chi connectivity index (χ0n) is 10.1. The lowest BCUT2D eigenvalue weighted by molar-refractivity contribution is -0.171. The predicted octanol–water partition coefficient (Wildman–Crippen LogP) is 2.38. The molecule has 1 aromatic carbocycles. The fraction of sp³-hybridized carbons (Fsp3) is 0.500. The molecule has 2 rings (SSSR count). The van der Waals surface area contributed by atoms with Crippen LogP contribution in [-0.4, -0.2) is 17.2 Å². The van der Waals surface area contributed by atoms with Crippen molar-refractivity contribution < 1.29 is 14.6 Å². The number of hydrogen-bond acceptors (Lipinski definition) is 3. The third-order valence-electron chi connectivity index (χ3n) is 3.39. The van der Waals surface area contributed by atoms with E-state index in [1.165, 1.54) is 6.92 Å². The standard InChI is InChI=1S/C14H18O3/c1-11(15)17-13-9-5-6-10-14(13,16)12-7-3-2-4-8-12/h2-4,7-8,13,16H,5-6,9-10H2,1H3/t13-,14+/m0/s1. The highest BCUT2D eigenvalue weighted by molar-refractivity contribution is 5.66. The minimum Gasteiger partial charge on any atom is -0.459 e. The van der Waals surface area contributed by atoms with Crippen LogP contribution < -0.4 is 0 Å². The molecule has 0 spiro atoms. The van der Waals surface area contributed by atoms with Crippen molar-refractivity contribution in [2.24, 2.45) is 0 Å². The van der Waals surface area contributed by atoms with E-state index in [0.29, 0.717) is 6.42 Å². The summed E-state index contributed by atoms with van der Waals surface area (Å²) in [7, 11) is 0. The molecule has 17 heavy (non-hydrogen) atoms. The maximum Gasteiger partial charge on any atom is 0.303 e. The van der Waals surface area contributed by atoms with Crippen LogP contribution in [0.25, 0.3) is 0 Å². The quantitative estimate of drug-likeness (QED) is 0.799. The molecule has 1 N–H and O–H groups in total. The first-order valence-corrected chi connectivity index (χ1v) is 6.08. The molecule has 3 heteroatoms. The smallest absolute Gasteiger partial charge is 0.303 e. The Morgan fingerprint density at radius 2 is 2.06 bits per heavy atom. The number of carbonyl (C=O) groups excluding carboxylic acids is 1. The van der Waals surface area contributed by atoms with Crippen molar-refractivity contribution in [3.8, 4) is 0 Å². The molecule has 0 saturated heterocycles. The van der Waals surface area contributed by atoms with Gasteiger partial charge < -0.3 is 9.84 Å². The summed E-state index contributed by atoms with van der Waals surface area (Å²) in [6, 6.07) is 9.49. The largest absolute Gasteiger partial charge is 0.459 e. The zero-order valence-corrected chi connectivity index (χ0v) is 10.1. The van der Waals surface area contributed by atoms with E-state index in [4.69, 9.17) is 4.74 Å². The minimum atomic E-state index is -1.02. The fourth-order valence-electron chi connectivity index (χ4n) is 2.54. The molecular formula is C14H18O3. The second kappa shape index (κ2) is 4.88. The van der Waals surface area contributed by atoms with Crippen molar-refractivity contribution in [1.29, 1.82) is 0 Å². The highest BCUT2D eigenvalue weighted by atomic mass is 16.6. The first-order chi connectivity index (χ1) is 8.13. The molecule has 1 aliphatic carbocycles. The molecule has 0 radical (unpaired) electrons. The molecule has 0 heterocycles. The Morgan fingerprint density at radius 1 is 1.35 bits per heavy atom. The molecule has 1 aromatic rings. The number of esters is 1. The van der Waals surface area contributed by atoms with Gasteiger partial charge in [0.2, 0.25) is 0 Å². The van der Waals surface area contributed by atoms with E-state index in [2.05, 4.69) is 0 Å². The van der Waals surface area contributed by atoms with Gasteiger partial charge in [-0.2, -0.15) is 0 Å². The normalized spacial score (nSPS) is 28.7. The molecule has 1 saturated carbocycles. The van der Waals surface area contributed by atoms with E-state index in [-0.39, 0.29) is 5.97 Å². The van der Waals surface area contributed by atoms with Crippen molar-refractivity contribution in [3.63, 3.8) is 0 Å². The van der Waals surface area contributed by atoms with Gasteiger partial charge in [-0.3, -0.25) is 4.79 Å².